The second kappa shape index (κ2) is 6.35. The maximum Gasteiger partial charge on any atom is 0.150 e. The molecule has 0 amide bonds. The van der Waals surface area contributed by atoms with Crippen LogP contribution < -0.4 is 0 Å². The van der Waals surface area contributed by atoms with E-state index >= 15 is 0 Å². The van der Waals surface area contributed by atoms with Crippen LogP contribution in [0.4, 0.5) is 0 Å². The van der Waals surface area contributed by atoms with Gasteiger partial charge in [0.1, 0.15) is 12.4 Å². The van der Waals surface area contributed by atoms with Crippen LogP contribution >= 0.6 is 27.5 Å². The number of benzene rings is 1. The fraction of sp³-hybridized carbons (Fsp3) is 0.364. The largest absolute Gasteiger partial charge is 0.390 e. The third-order valence-corrected chi connectivity index (χ3v) is 2.96. The molecule has 1 aromatic rings. The highest BCUT2D eigenvalue weighted by atomic mass is 79.9. The summed E-state index contributed by atoms with van der Waals surface area (Å²) in [6.45, 7) is 0. The van der Waals surface area contributed by atoms with Crippen LogP contribution in [0.25, 0.3) is 0 Å². The van der Waals surface area contributed by atoms with Crippen LogP contribution in [0.3, 0.4) is 0 Å². The maximum atomic E-state index is 10.8. The molecular weight excluding hydrogens is 295 g/mol. The topological polar surface area (TPSA) is 57.5 Å². The molecule has 0 spiro atoms. The van der Waals surface area contributed by atoms with Crippen molar-refractivity contribution >= 4 is 33.8 Å². The van der Waals surface area contributed by atoms with E-state index in [4.69, 9.17) is 11.6 Å². The number of aldehydes is 1. The number of hydrogen-bond donors (Lipinski definition) is 2. The van der Waals surface area contributed by atoms with Gasteiger partial charge < -0.3 is 10.2 Å². The Kier molecular flexibility index (Phi) is 5.41. The number of carbonyl (C=O) groups is 1. The fourth-order valence-electron chi connectivity index (χ4n) is 1.39. The van der Waals surface area contributed by atoms with Crippen LogP contribution in [0.2, 0.25) is 5.02 Å². The summed E-state index contributed by atoms with van der Waals surface area (Å²) < 4.78 is 0. The minimum absolute atomic E-state index is 0.300. The van der Waals surface area contributed by atoms with E-state index in [9.17, 15) is 15.0 Å². The van der Waals surface area contributed by atoms with Crippen molar-refractivity contribution in [3.63, 3.8) is 0 Å². The van der Waals surface area contributed by atoms with Crippen LogP contribution in [0, 0.1) is 0 Å². The van der Waals surface area contributed by atoms with E-state index in [0.717, 1.165) is 0 Å². The van der Waals surface area contributed by atoms with Gasteiger partial charge >= 0.3 is 0 Å². The molecule has 0 fully saturated rings. The molecule has 0 saturated carbocycles. The SMILES string of the molecule is O=Cc1cc(Cl)ccc1C(O)C(O)CCBr. The van der Waals surface area contributed by atoms with E-state index in [2.05, 4.69) is 15.9 Å². The molecule has 1 rings (SSSR count). The molecule has 1 aromatic carbocycles. The lowest BCUT2D eigenvalue weighted by molar-refractivity contribution is 0.0170. The van der Waals surface area contributed by atoms with Crippen LogP contribution in [0.15, 0.2) is 18.2 Å². The summed E-state index contributed by atoms with van der Waals surface area (Å²) in [5.74, 6) is 0. The number of carbonyl (C=O) groups excluding carboxylic acids is 1. The van der Waals surface area contributed by atoms with Crippen molar-refractivity contribution in [1.29, 1.82) is 0 Å². The van der Waals surface area contributed by atoms with E-state index in [-0.39, 0.29) is 0 Å². The standard InChI is InChI=1S/C11H12BrClO3/c12-4-3-10(15)11(16)9-2-1-8(13)5-7(9)6-14/h1-2,5-6,10-11,15-16H,3-4H2. The van der Waals surface area contributed by atoms with Crippen molar-refractivity contribution in [2.45, 2.75) is 18.6 Å². The lowest BCUT2D eigenvalue weighted by atomic mass is 9.98. The Labute approximate surface area is 107 Å². The van der Waals surface area contributed by atoms with Gasteiger partial charge in [-0.15, -0.1) is 0 Å². The van der Waals surface area contributed by atoms with E-state index in [1.807, 2.05) is 0 Å². The average molecular weight is 308 g/mol. The molecule has 0 bridgehead atoms. The molecule has 0 heterocycles. The fourth-order valence-corrected chi connectivity index (χ4v) is 2.04. The summed E-state index contributed by atoms with van der Waals surface area (Å²) in [7, 11) is 0. The van der Waals surface area contributed by atoms with Crippen molar-refractivity contribution < 1.29 is 15.0 Å². The van der Waals surface area contributed by atoms with E-state index < -0.39 is 12.2 Å². The minimum Gasteiger partial charge on any atom is -0.390 e. The Bertz CT molecular complexity index is 370. The molecule has 0 aliphatic rings. The van der Waals surface area contributed by atoms with Gasteiger partial charge in [0.05, 0.1) is 6.10 Å². The maximum absolute atomic E-state index is 10.8. The average Bonchev–Trinajstić information content (AvgIpc) is 2.28. The number of alkyl halides is 1. The van der Waals surface area contributed by atoms with Crippen molar-refractivity contribution in [3.8, 4) is 0 Å². The molecule has 0 radical (unpaired) electrons. The van der Waals surface area contributed by atoms with E-state index in [0.29, 0.717) is 34.2 Å². The number of aliphatic hydroxyl groups excluding tert-OH is 2. The third-order valence-electron chi connectivity index (χ3n) is 2.26. The zero-order chi connectivity index (χ0) is 12.1. The van der Waals surface area contributed by atoms with Gasteiger partial charge in [-0.2, -0.15) is 0 Å². The van der Waals surface area contributed by atoms with E-state index in [1.54, 1.807) is 12.1 Å². The van der Waals surface area contributed by atoms with Crippen molar-refractivity contribution in [2.24, 2.45) is 0 Å². The molecular formula is C11H12BrClO3. The molecule has 5 heteroatoms. The predicted octanol–water partition coefficient (Wildman–Crippen LogP) is 2.33. The van der Waals surface area contributed by atoms with Crippen LogP contribution in [-0.2, 0) is 0 Å². The Hall–Kier alpha value is -0.420. The molecule has 0 saturated heterocycles. The molecule has 2 unspecified atom stereocenters. The summed E-state index contributed by atoms with van der Waals surface area (Å²) in [5, 5.41) is 20.5. The monoisotopic (exact) mass is 306 g/mol. The van der Waals surface area contributed by atoms with Gasteiger partial charge in [0, 0.05) is 15.9 Å². The van der Waals surface area contributed by atoms with Gasteiger partial charge in [0.2, 0.25) is 0 Å². The van der Waals surface area contributed by atoms with Gasteiger partial charge in [-0.3, -0.25) is 4.79 Å². The Morgan fingerprint density at radius 1 is 1.44 bits per heavy atom. The molecule has 0 aliphatic carbocycles. The van der Waals surface area contributed by atoms with E-state index in [1.165, 1.54) is 6.07 Å². The van der Waals surface area contributed by atoms with Gasteiger partial charge in [-0.25, -0.2) is 0 Å². The molecule has 0 aromatic heterocycles. The Morgan fingerprint density at radius 3 is 2.69 bits per heavy atom. The number of hydrogen-bond acceptors (Lipinski definition) is 3. The first-order valence-electron chi connectivity index (χ1n) is 4.77. The third kappa shape index (κ3) is 3.28. The number of halogens is 2. The van der Waals surface area contributed by atoms with Crippen LogP contribution in [-0.4, -0.2) is 27.9 Å². The highest BCUT2D eigenvalue weighted by molar-refractivity contribution is 9.09. The first-order valence-corrected chi connectivity index (χ1v) is 6.26. The summed E-state index contributed by atoms with van der Waals surface area (Å²) in [5.41, 5.74) is 0.696. The summed E-state index contributed by atoms with van der Waals surface area (Å²) in [6, 6.07) is 4.59. The first kappa shape index (κ1) is 13.6. The predicted molar refractivity (Wildman–Crippen MR) is 66.2 cm³/mol. The lowest BCUT2D eigenvalue weighted by Gasteiger charge is -2.18. The normalized spacial score (nSPS) is 14.5. The molecule has 2 N–H and O–H groups in total. The van der Waals surface area contributed by atoms with Gasteiger partial charge in [0.15, 0.2) is 0 Å². The molecule has 2 atom stereocenters. The zero-order valence-corrected chi connectivity index (χ0v) is 10.8. The highest BCUT2D eigenvalue weighted by Crippen LogP contribution is 2.24. The number of aliphatic hydroxyl groups is 2. The first-order chi connectivity index (χ1) is 7.60. The van der Waals surface area contributed by atoms with Crippen molar-refractivity contribution in [1.82, 2.24) is 0 Å². The zero-order valence-electron chi connectivity index (χ0n) is 8.44. The van der Waals surface area contributed by atoms with Crippen molar-refractivity contribution in [2.75, 3.05) is 5.33 Å². The summed E-state index contributed by atoms with van der Waals surface area (Å²) >= 11 is 8.91. The Balaban J connectivity index is 2.98. The minimum atomic E-state index is -1.07. The molecule has 16 heavy (non-hydrogen) atoms. The van der Waals surface area contributed by atoms with Gasteiger partial charge in [0.25, 0.3) is 0 Å². The number of rotatable bonds is 5. The summed E-state index contributed by atoms with van der Waals surface area (Å²) in [6.07, 6.45) is -0.956. The second-order valence-corrected chi connectivity index (χ2v) is 4.61. The second-order valence-electron chi connectivity index (χ2n) is 3.38. The van der Waals surface area contributed by atoms with Gasteiger partial charge in [-0.05, 0) is 24.1 Å². The van der Waals surface area contributed by atoms with Gasteiger partial charge in [-0.1, -0.05) is 33.6 Å². The molecule has 3 nitrogen and oxygen atoms in total. The summed E-state index contributed by atoms with van der Waals surface area (Å²) in [4.78, 5) is 10.8. The Morgan fingerprint density at radius 2 is 2.12 bits per heavy atom. The molecule has 88 valence electrons. The van der Waals surface area contributed by atoms with Crippen molar-refractivity contribution in [3.05, 3.63) is 34.3 Å². The quantitative estimate of drug-likeness (QED) is 0.648. The molecule has 0 aliphatic heterocycles. The highest BCUT2D eigenvalue weighted by Gasteiger charge is 2.20. The lowest BCUT2D eigenvalue weighted by Crippen LogP contribution is -2.19. The van der Waals surface area contributed by atoms with Crippen LogP contribution in [0.5, 0.6) is 0 Å². The smallest absolute Gasteiger partial charge is 0.150 e. The van der Waals surface area contributed by atoms with Crippen LogP contribution in [0.1, 0.15) is 28.4 Å².